The summed E-state index contributed by atoms with van der Waals surface area (Å²) in [4.78, 5) is 0. The van der Waals surface area contributed by atoms with Gasteiger partial charge >= 0.3 is 0 Å². The monoisotopic (exact) mass is 328 g/mol. The number of ether oxygens (including phenoxy) is 3. The average molecular weight is 329 g/mol. The molecule has 138 valence electrons. The van der Waals surface area contributed by atoms with E-state index in [-0.39, 0.29) is 6.10 Å². The molecule has 23 heavy (non-hydrogen) atoms. The van der Waals surface area contributed by atoms with Gasteiger partial charge in [-0.1, -0.05) is 90.4 Å². The Labute approximate surface area is 144 Å². The zero-order valence-corrected chi connectivity index (χ0v) is 15.9. The molecule has 0 spiro atoms. The predicted octanol–water partition coefficient (Wildman–Crippen LogP) is 6.20. The van der Waals surface area contributed by atoms with Crippen LogP contribution in [0.3, 0.4) is 0 Å². The molecule has 2 atom stereocenters. The van der Waals surface area contributed by atoms with Gasteiger partial charge in [0.05, 0.1) is 12.7 Å². The van der Waals surface area contributed by atoms with Crippen molar-refractivity contribution in [2.24, 2.45) is 0 Å². The highest BCUT2D eigenvalue weighted by atomic mass is 16.9. The Morgan fingerprint density at radius 1 is 0.826 bits per heavy atom. The number of hydrogen-bond donors (Lipinski definition) is 0. The Bertz CT molecular complexity index is 270. The Hall–Kier alpha value is -0.120. The third-order valence-corrected chi connectivity index (χ3v) is 4.91. The lowest BCUT2D eigenvalue weighted by atomic mass is 10.0. The van der Waals surface area contributed by atoms with Gasteiger partial charge in [0, 0.05) is 14.0 Å². The van der Waals surface area contributed by atoms with Gasteiger partial charge in [0.25, 0.3) is 5.97 Å². The maximum absolute atomic E-state index is 5.76. The van der Waals surface area contributed by atoms with Gasteiger partial charge in [0.15, 0.2) is 0 Å². The fourth-order valence-corrected chi connectivity index (χ4v) is 3.25. The average Bonchev–Trinajstić information content (AvgIpc) is 2.94. The molecule has 0 bridgehead atoms. The highest BCUT2D eigenvalue weighted by Crippen LogP contribution is 2.26. The molecular formula is C20H40O3. The fourth-order valence-electron chi connectivity index (χ4n) is 3.25. The molecule has 1 aliphatic rings. The highest BCUT2D eigenvalue weighted by Gasteiger charge is 2.36. The number of rotatable bonds is 15. The second kappa shape index (κ2) is 13.2. The summed E-state index contributed by atoms with van der Waals surface area (Å²) in [5.74, 6) is -0.804. The Morgan fingerprint density at radius 3 is 1.74 bits per heavy atom. The maximum Gasteiger partial charge on any atom is 0.280 e. The van der Waals surface area contributed by atoms with Crippen LogP contribution < -0.4 is 0 Å². The van der Waals surface area contributed by atoms with Gasteiger partial charge in [0.1, 0.15) is 0 Å². The first kappa shape index (κ1) is 20.9. The van der Waals surface area contributed by atoms with Crippen LogP contribution >= 0.6 is 0 Å². The molecule has 1 unspecified atom stereocenters. The van der Waals surface area contributed by atoms with E-state index < -0.39 is 5.97 Å². The predicted molar refractivity (Wildman–Crippen MR) is 96.6 cm³/mol. The van der Waals surface area contributed by atoms with Gasteiger partial charge < -0.3 is 14.2 Å². The van der Waals surface area contributed by atoms with Crippen LogP contribution in [0.1, 0.15) is 104 Å². The van der Waals surface area contributed by atoms with E-state index in [1.165, 1.54) is 83.5 Å². The fraction of sp³-hybridized carbons (Fsp3) is 1.00. The number of hydrogen-bond acceptors (Lipinski definition) is 3. The molecule has 1 saturated heterocycles. The van der Waals surface area contributed by atoms with E-state index in [0.29, 0.717) is 6.61 Å². The van der Waals surface area contributed by atoms with Crippen molar-refractivity contribution in [3.05, 3.63) is 0 Å². The Kier molecular flexibility index (Phi) is 12.0. The van der Waals surface area contributed by atoms with E-state index in [9.17, 15) is 0 Å². The van der Waals surface area contributed by atoms with E-state index in [0.717, 1.165) is 6.42 Å². The molecule has 0 N–H and O–H groups in total. The molecule has 1 heterocycles. The minimum atomic E-state index is -0.804. The lowest BCUT2D eigenvalue weighted by Crippen LogP contribution is -2.28. The van der Waals surface area contributed by atoms with Gasteiger partial charge in [-0.3, -0.25) is 0 Å². The molecule has 0 aromatic rings. The van der Waals surface area contributed by atoms with E-state index >= 15 is 0 Å². The molecule has 0 aromatic carbocycles. The van der Waals surface area contributed by atoms with Crippen molar-refractivity contribution in [1.29, 1.82) is 0 Å². The molecule has 0 amide bonds. The summed E-state index contributed by atoms with van der Waals surface area (Å²) in [5.41, 5.74) is 0. The van der Waals surface area contributed by atoms with E-state index in [1.54, 1.807) is 7.11 Å². The summed E-state index contributed by atoms with van der Waals surface area (Å²) >= 11 is 0. The molecule has 0 aliphatic carbocycles. The quantitative estimate of drug-likeness (QED) is 0.335. The van der Waals surface area contributed by atoms with Crippen LogP contribution in [0.25, 0.3) is 0 Å². The van der Waals surface area contributed by atoms with Crippen LogP contribution in [0.2, 0.25) is 0 Å². The third kappa shape index (κ3) is 10.4. The van der Waals surface area contributed by atoms with Gasteiger partial charge in [-0.25, -0.2) is 0 Å². The largest absolute Gasteiger partial charge is 0.331 e. The zero-order chi connectivity index (χ0) is 16.8. The van der Waals surface area contributed by atoms with Crippen molar-refractivity contribution in [1.82, 2.24) is 0 Å². The molecule has 0 aromatic heterocycles. The summed E-state index contributed by atoms with van der Waals surface area (Å²) in [6.45, 7) is 4.80. The molecule has 1 rings (SSSR count). The van der Waals surface area contributed by atoms with Gasteiger partial charge in [-0.2, -0.15) is 0 Å². The van der Waals surface area contributed by atoms with Crippen LogP contribution in [0.4, 0.5) is 0 Å². The standard InChI is InChI=1S/C20H40O3/c1-4-5-6-7-8-9-10-11-12-13-14-15-16-17-19-18-22-20(2,21-3)23-19/h19H,4-18H2,1-3H3/t19-,20?/m1/s1. The summed E-state index contributed by atoms with van der Waals surface area (Å²) < 4.78 is 16.5. The maximum atomic E-state index is 5.76. The second-order valence-electron chi connectivity index (χ2n) is 7.15. The first-order valence-electron chi connectivity index (χ1n) is 10.1. The Balaban J connectivity index is 1.77. The summed E-state index contributed by atoms with van der Waals surface area (Å²) in [7, 11) is 1.63. The zero-order valence-electron chi connectivity index (χ0n) is 15.9. The van der Waals surface area contributed by atoms with E-state index in [2.05, 4.69) is 6.92 Å². The highest BCUT2D eigenvalue weighted by molar-refractivity contribution is 4.67. The van der Waals surface area contributed by atoms with Gasteiger partial charge in [-0.15, -0.1) is 0 Å². The van der Waals surface area contributed by atoms with Crippen molar-refractivity contribution < 1.29 is 14.2 Å². The SMILES string of the molecule is CCCCCCCCCCCCCCC[C@@H]1COC(C)(OC)O1. The normalized spacial score (nSPS) is 24.4. The van der Waals surface area contributed by atoms with Crippen LogP contribution in [0.5, 0.6) is 0 Å². The topological polar surface area (TPSA) is 27.7 Å². The van der Waals surface area contributed by atoms with Crippen LogP contribution in [-0.2, 0) is 14.2 Å². The summed E-state index contributed by atoms with van der Waals surface area (Å²) in [5, 5.41) is 0. The van der Waals surface area contributed by atoms with Crippen LogP contribution in [0, 0.1) is 0 Å². The summed E-state index contributed by atoms with van der Waals surface area (Å²) in [6, 6.07) is 0. The molecule has 3 nitrogen and oxygen atoms in total. The second-order valence-corrected chi connectivity index (χ2v) is 7.15. The smallest absolute Gasteiger partial charge is 0.280 e. The van der Waals surface area contributed by atoms with Crippen molar-refractivity contribution in [2.45, 2.75) is 116 Å². The molecule has 0 radical (unpaired) electrons. The molecule has 1 aliphatic heterocycles. The van der Waals surface area contributed by atoms with Gasteiger partial charge in [-0.05, 0) is 6.42 Å². The Morgan fingerprint density at radius 2 is 1.30 bits per heavy atom. The van der Waals surface area contributed by atoms with Crippen molar-refractivity contribution in [2.75, 3.05) is 13.7 Å². The van der Waals surface area contributed by atoms with E-state index in [4.69, 9.17) is 14.2 Å². The van der Waals surface area contributed by atoms with E-state index in [1.807, 2.05) is 6.92 Å². The van der Waals surface area contributed by atoms with Gasteiger partial charge in [0.2, 0.25) is 0 Å². The number of methoxy groups -OCH3 is 1. The third-order valence-electron chi connectivity index (χ3n) is 4.91. The molecule has 1 fully saturated rings. The first-order chi connectivity index (χ1) is 11.2. The van der Waals surface area contributed by atoms with Crippen molar-refractivity contribution in [3.8, 4) is 0 Å². The number of unbranched alkanes of at least 4 members (excludes halogenated alkanes) is 12. The molecule has 0 saturated carbocycles. The lowest BCUT2D eigenvalue weighted by molar-refractivity contribution is -0.313. The van der Waals surface area contributed by atoms with Crippen LogP contribution in [0.15, 0.2) is 0 Å². The molecular weight excluding hydrogens is 288 g/mol. The lowest BCUT2D eigenvalue weighted by Gasteiger charge is -2.20. The summed E-state index contributed by atoms with van der Waals surface area (Å²) in [6.07, 6.45) is 19.5. The minimum absolute atomic E-state index is 0.215. The first-order valence-corrected chi connectivity index (χ1v) is 10.1. The molecule has 3 heteroatoms. The minimum Gasteiger partial charge on any atom is -0.331 e. The van der Waals surface area contributed by atoms with Crippen LogP contribution in [-0.4, -0.2) is 25.8 Å². The van der Waals surface area contributed by atoms with Crippen molar-refractivity contribution in [3.63, 3.8) is 0 Å². The van der Waals surface area contributed by atoms with Crippen molar-refractivity contribution >= 4 is 0 Å².